The molecule has 0 aliphatic rings. The Hall–Kier alpha value is -3.07. The Morgan fingerprint density at radius 2 is 1.38 bits per heavy atom. The summed E-state index contributed by atoms with van der Waals surface area (Å²) in [5.74, 6) is -0.799. The first-order valence-electron chi connectivity index (χ1n) is 7.97. The van der Waals surface area contributed by atoms with Crippen molar-refractivity contribution < 1.29 is 9.90 Å². The van der Waals surface area contributed by atoms with E-state index >= 15 is 0 Å². The number of aliphatic carboxylic acids is 1. The van der Waals surface area contributed by atoms with Gasteiger partial charge in [0.1, 0.15) is 0 Å². The molecule has 0 bridgehead atoms. The standard InChI is InChI=1S/C21H17NO2/c23-21(24)12-20(15-6-2-1-3-7-15)22-13-18-10-16-8-4-5-9-17(16)11-19(18)14-22/h1-11,13-14,20H,12H2,(H,23,24)/t20-/m1/s1. The molecule has 0 amide bonds. The van der Waals surface area contributed by atoms with E-state index in [2.05, 4.69) is 24.3 Å². The Kier molecular flexibility index (Phi) is 3.54. The molecule has 4 rings (SSSR count). The van der Waals surface area contributed by atoms with Crippen LogP contribution < -0.4 is 0 Å². The number of benzene rings is 3. The number of carbonyl (C=O) groups is 1. The lowest BCUT2D eigenvalue weighted by molar-refractivity contribution is -0.137. The minimum absolute atomic E-state index is 0.0600. The fraction of sp³-hybridized carbons (Fsp3) is 0.0952. The van der Waals surface area contributed by atoms with E-state index in [1.807, 2.05) is 59.4 Å². The molecule has 3 nitrogen and oxygen atoms in total. The van der Waals surface area contributed by atoms with Crippen LogP contribution in [0.4, 0.5) is 0 Å². The predicted molar refractivity (Wildman–Crippen MR) is 96.3 cm³/mol. The average molecular weight is 315 g/mol. The molecule has 3 aromatic carbocycles. The van der Waals surface area contributed by atoms with E-state index in [1.165, 1.54) is 10.8 Å². The zero-order valence-corrected chi connectivity index (χ0v) is 13.1. The zero-order chi connectivity index (χ0) is 16.5. The van der Waals surface area contributed by atoms with Gasteiger partial charge < -0.3 is 9.67 Å². The second kappa shape index (κ2) is 5.85. The summed E-state index contributed by atoms with van der Waals surface area (Å²) >= 11 is 0. The van der Waals surface area contributed by atoms with Crippen LogP contribution in [-0.2, 0) is 4.79 Å². The summed E-state index contributed by atoms with van der Waals surface area (Å²) < 4.78 is 2.02. The summed E-state index contributed by atoms with van der Waals surface area (Å²) in [5, 5.41) is 14.0. The Balaban J connectivity index is 1.85. The lowest BCUT2D eigenvalue weighted by atomic mass is 10.0. The Bertz CT molecular complexity index is 965. The van der Waals surface area contributed by atoms with Crippen molar-refractivity contribution in [1.82, 2.24) is 4.57 Å². The zero-order valence-electron chi connectivity index (χ0n) is 13.1. The highest BCUT2D eigenvalue weighted by Crippen LogP contribution is 2.29. The Labute approximate surface area is 139 Å². The second-order valence-electron chi connectivity index (χ2n) is 6.06. The molecule has 1 atom stereocenters. The van der Waals surface area contributed by atoms with Crippen LogP contribution in [0.3, 0.4) is 0 Å². The normalized spacial score (nSPS) is 12.5. The van der Waals surface area contributed by atoms with Crippen LogP contribution in [0.1, 0.15) is 18.0 Å². The molecule has 1 N–H and O–H groups in total. The first kappa shape index (κ1) is 14.5. The number of hydrogen-bond donors (Lipinski definition) is 1. The van der Waals surface area contributed by atoms with E-state index in [0.717, 1.165) is 16.3 Å². The molecule has 0 spiro atoms. The third-order valence-electron chi connectivity index (χ3n) is 4.44. The van der Waals surface area contributed by atoms with Gasteiger partial charge in [-0.05, 0) is 39.2 Å². The third-order valence-corrected chi connectivity index (χ3v) is 4.44. The molecule has 1 aromatic heterocycles. The smallest absolute Gasteiger partial charge is 0.305 e. The van der Waals surface area contributed by atoms with E-state index in [1.54, 1.807) is 0 Å². The van der Waals surface area contributed by atoms with Gasteiger partial charge in [0.05, 0.1) is 12.5 Å². The molecule has 3 heteroatoms. The van der Waals surface area contributed by atoms with Crippen molar-refractivity contribution in [3.05, 3.63) is 84.7 Å². The number of hydrogen-bond acceptors (Lipinski definition) is 1. The van der Waals surface area contributed by atoms with Gasteiger partial charge in [-0.25, -0.2) is 0 Å². The summed E-state index contributed by atoms with van der Waals surface area (Å²) in [6, 6.07) is 22.2. The molecular weight excluding hydrogens is 298 g/mol. The van der Waals surface area contributed by atoms with E-state index < -0.39 is 5.97 Å². The maximum Gasteiger partial charge on any atom is 0.305 e. The van der Waals surface area contributed by atoms with Crippen LogP contribution in [0.5, 0.6) is 0 Å². The van der Waals surface area contributed by atoms with Crippen LogP contribution in [0.2, 0.25) is 0 Å². The van der Waals surface area contributed by atoms with Crippen LogP contribution in [-0.4, -0.2) is 15.6 Å². The number of nitrogens with zero attached hydrogens (tertiary/aromatic N) is 1. The third kappa shape index (κ3) is 2.65. The molecule has 1 heterocycles. The van der Waals surface area contributed by atoms with Crippen LogP contribution in [0.25, 0.3) is 21.5 Å². The summed E-state index contributed by atoms with van der Waals surface area (Å²) in [6.07, 6.45) is 4.15. The molecule has 118 valence electrons. The fourth-order valence-electron chi connectivity index (χ4n) is 3.27. The maximum absolute atomic E-state index is 11.3. The number of rotatable bonds is 4. The molecule has 0 saturated heterocycles. The maximum atomic E-state index is 11.3. The monoisotopic (exact) mass is 315 g/mol. The highest BCUT2D eigenvalue weighted by molar-refractivity contribution is 5.98. The lowest BCUT2D eigenvalue weighted by Crippen LogP contribution is -2.13. The minimum Gasteiger partial charge on any atom is -0.481 e. The number of aromatic nitrogens is 1. The fourth-order valence-corrected chi connectivity index (χ4v) is 3.27. The van der Waals surface area contributed by atoms with Crippen molar-refractivity contribution in [2.24, 2.45) is 0 Å². The van der Waals surface area contributed by atoms with Gasteiger partial charge in [-0.2, -0.15) is 0 Å². The molecule has 0 aliphatic carbocycles. The van der Waals surface area contributed by atoms with E-state index in [4.69, 9.17) is 0 Å². The van der Waals surface area contributed by atoms with E-state index in [0.29, 0.717) is 0 Å². The molecule has 0 radical (unpaired) electrons. The lowest BCUT2D eigenvalue weighted by Gasteiger charge is -2.17. The van der Waals surface area contributed by atoms with Crippen LogP contribution in [0.15, 0.2) is 79.1 Å². The van der Waals surface area contributed by atoms with Crippen molar-refractivity contribution in [3.8, 4) is 0 Å². The summed E-state index contributed by atoms with van der Waals surface area (Å²) in [6.45, 7) is 0. The predicted octanol–water partition coefficient (Wildman–Crippen LogP) is 4.86. The van der Waals surface area contributed by atoms with Crippen LogP contribution in [0, 0.1) is 0 Å². The van der Waals surface area contributed by atoms with Crippen molar-refractivity contribution in [2.75, 3.05) is 0 Å². The summed E-state index contributed by atoms with van der Waals surface area (Å²) in [7, 11) is 0. The Morgan fingerprint density at radius 3 is 1.92 bits per heavy atom. The van der Waals surface area contributed by atoms with E-state index in [-0.39, 0.29) is 12.5 Å². The van der Waals surface area contributed by atoms with Gasteiger partial charge >= 0.3 is 5.97 Å². The van der Waals surface area contributed by atoms with Crippen molar-refractivity contribution in [3.63, 3.8) is 0 Å². The van der Waals surface area contributed by atoms with Crippen molar-refractivity contribution in [1.29, 1.82) is 0 Å². The van der Waals surface area contributed by atoms with Gasteiger partial charge in [0, 0.05) is 12.4 Å². The number of carboxylic acids is 1. The Morgan fingerprint density at radius 1 is 0.833 bits per heavy atom. The summed E-state index contributed by atoms with van der Waals surface area (Å²) in [5.41, 5.74) is 1.00. The van der Waals surface area contributed by atoms with Crippen molar-refractivity contribution >= 4 is 27.5 Å². The molecular formula is C21H17NO2. The number of carboxylic acid groups (broad SMARTS) is 1. The number of fused-ring (bicyclic) bond motifs is 2. The molecule has 0 unspecified atom stereocenters. The van der Waals surface area contributed by atoms with Crippen molar-refractivity contribution in [2.45, 2.75) is 12.5 Å². The molecule has 0 aliphatic heterocycles. The van der Waals surface area contributed by atoms with Crippen LogP contribution >= 0.6 is 0 Å². The first-order valence-corrected chi connectivity index (χ1v) is 7.97. The molecule has 0 saturated carbocycles. The first-order chi connectivity index (χ1) is 11.7. The van der Waals surface area contributed by atoms with Gasteiger partial charge in [-0.3, -0.25) is 4.79 Å². The highest BCUT2D eigenvalue weighted by atomic mass is 16.4. The van der Waals surface area contributed by atoms with Gasteiger partial charge in [0.25, 0.3) is 0 Å². The molecule has 24 heavy (non-hydrogen) atoms. The average Bonchev–Trinajstić information content (AvgIpc) is 3.00. The quantitative estimate of drug-likeness (QED) is 0.584. The highest BCUT2D eigenvalue weighted by Gasteiger charge is 2.17. The minimum atomic E-state index is -0.799. The van der Waals surface area contributed by atoms with E-state index in [9.17, 15) is 9.90 Å². The summed E-state index contributed by atoms with van der Waals surface area (Å²) in [4.78, 5) is 11.3. The van der Waals surface area contributed by atoms with Gasteiger partial charge in [-0.15, -0.1) is 0 Å². The van der Waals surface area contributed by atoms with Gasteiger partial charge in [0.2, 0.25) is 0 Å². The molecule has 0 fully saturated rings. The SMILES string of the molecule is O=C(O)C[C@H](c1ccccc1)n1cc2cc3ccccc3cc2c1. The van der Waals surface area contributed by atoms with Gasteiger partial charge in [0.15, 0.2) is 0 Å². The topological polar surface area (TPSA) is 42.2 Å². The van der Waals surface area contributed by atoms with Gasteiger partial charge in [-0.1, -0.05) is 54.6 Å². The largest absolute Gasteiger partial charge is 0.481 e. The second-order valence-corrected chi connectivity index (χ2v) is 6.06. The molecule has 4 aromatic rings.